The second-order valence-corrected chi connectivity index (χ2v) is 11.3. The molecule has 4 heterocycles. The third kappa shape index (κ3) is 4.72. The second kappa shape index (κ2) is 11.0. The van der Waals surface area contributed by atoms with Crippen molar-refractivity contribution in [2.24, 2.45) is 5.16 Å². The summed E-state index contributed by atoms with van der Waals surface area (Å²) < 4.78 is 34.2. The van der Waals surface area contributed by atoms with Crippen LogP contribution in [0.5, 0.6) is 11.5 Å². The molecule has 3 aromatic rings. The van der Waals surface area contributed by atoms with Crippen LogP contribution < -0.4 is 15.5 Å². The largest absolute Gasteiger partial charge is 0.503 e. The van der Waals surface area contributed by atoms with Gasteiger partial charge in [0.2, 0.25) is 11.2 Å². The van der Waals surface area contributed by atoms with Gasteiger partial charge in [0.1, 0.15) is 34.8 Å². The summed E-state index contributed by atoms with van der Waals surface area (Å²) in [6.45, 7) is 3.94. The third-order valence-electron chi connectivity index (χ3n) is 8.73. The zero-order chi connectivity index (χ0) is 31.3. The highest BCUT2D eigenvalue weighted by molar-refractivity contribution is 5.99. The Labute approximate surface area is 251 Å². The number of nitrogens with zero attached hydrogens (tertiary/aromatic N) is 4. The maximum atomic E-state index is 14.2. The van der Waals surface area contributed by atoms with E-state index in [1.54, 1.807) is 12.0 Å². The first kappa shape index (κ1) is 29.1. The Balaban J connectivity index is 1.41. The van der Waals surface area contributed by atoms with E-state index in [0.29, 0.717) is 37.0 Å². The zero-order valence-corrected chi connectivity index (χ0v) is 24.3. The Morgan fingerprint density at radius 2 is 1.95 bits per heavy atom. The predicted octanol–water partition coefficient (Wildman–Crippen LogP) is 3.51. The number of carbonyl (C=O) groups excluding carboxylic acids is 2. The Morgan fingerprint density at radius 1 is 1.20 bits per heavy atom. The molecular formula is C31H31F2N5O6. The minimum Gasteiger partial charge on any atom is -0.503 e. The number of rotatable bonds is 6. The number of methoxy groups -OCH3 is 1. The van der Waals surface area contributed by atoms with Gasteiger partial charge >= 0.3 is 0 Å². The van der Waals surface area contributed by atoms with Crippen molar-refractivity contribution in [1.29, 1.82) is 0 Å². The van der Waals surface area contributed by atoms with E-state index in [4.69, 9.17) is 9.57 Å². The number of hydrogen-bond donors (Lipinski definition) is 2. The monoisotopic (exact) mass is 607 g/mol. The average molecular weight is 608 g/mol. The number of aromatic nitrogens is 1. The molecule has 11 nitrogen and oxygen atoms in total. The summed E-state index contributed by atoms with van der Waals surface area (Å²) >= 11 is 0. The Bertz CT molecular complexity index is 1740. The van der Waals surface area contributed by atoms with Crippen LogP contribution in [-0.4, -0.2) is 62.5 Å². The lowest BCUT2D eigenvalue weighted by Gasteiger charge is -2.45. The van der Waals surface area contributed by atoms with Gasteiger partial charge in [-0.05, 0) is 44.0 Å². The maximum Gasteiger partial charge on any atom is 0.274 e. The molecule has 2 aromatic carbocycles. The van der Waals surface area contributed by atoms with Gasteiger partial charge in [-0.1, -0.05) is 23.4 Å². The van der Waals surface area contributed by atoms with E-state index in [9.17, 15) is 28.3 Å². The molecule has 0 radical (unpaired) electrons. The van der Waals surface area contributed by atoms with Gasteiger partial charge in [-0.15, -0.1) is 0 Å². The van der Waals surface area contributed by atoms with Crippen molar-refractivity contribution in [1.82, 2.24) is 19.7 Å². The highest BCUT2D eigenvalue weighted by Gasteiger charge is 2.57. The molecular weight excluding hydrogens is 576 g/mol. The van der Waals surface area contributed by atoms with Crippen LogP contribution in [0, 0.1) is 11.6 Å². The van der Waals surface area contributed by atoms with E-state index in [0.717, 1.165) is 11.6 Å². The molecule has 1 spiro atoms. The van der Waals surface area contributed by atoms with Gasteiger partial charge in [0, 0.05) is 49.9 Å². The molecule has 3 aliphatic rings. The van der Waals surface area contributed by atoms with Crippen molar-refractivity contribution in [3.8, 4) is 11.5 Å². The number of oxime groups is 1. The lowest BCUT2D eigenvalue weighted by atomic mass is 9.93. The number of benzene rings is 2. The van der Waals surface area contributed by atoms with Gasteiger partial charge in [0.15, 0.2) is 11.4 Å². The molecule has 13 heteroatoms. The first-order valence-corrected chi connectivity index (χ1v) is 14.2. The molecule has 3 aliphatic heterocycles. The fourth-order valence-electron chi connectivity index (χ4n) is 6.25. The molecule has 2 N–H and O–H groups in total. The van der Waals surface area contributed by atoms with E-state index in [1.165, 1.54) is 16.8 Å². The summed E-state index contributed by atoms with van der Waals surface area (Å²) in [5.41, 5.74) is -1.92. The van der Waals surface area contributed by atoms with E-state index < -0.39 is 52.0 Å². The van der Waals surface area contributed by atoms with Crippen molar-refractivity contribution < 1.29 is 33.1 Å². The van der Waals surface area contributed by atoms with Crippen LogP contribution in [0.15, 0.2) is 58.6 Å². The number of fused-ring (bicyclic) bond motifs is 5. The van der Waals surface area contributed by atoms with Crippen LogP contribution in [-0.2, 0) is 17.9 Å². The SMILES string of the molecule is COc1ccc(CN2C(C)=NOC23CCC(C)N2CC3n3cc(C(=O)NCc4ccc(F)cc4F)c(=O)c(O)c3C2=O)cc1. The number of halogens is 2. The Morgan fingerprint density at radius 3 is 2.66 bits per heavy atom. The molecule has 1 saturated heterocycles. The van der Waals surface area contributed by atoms with Crippen LogP contribution in [0.1, 0.15) is 64.7 Å². The number of carbonyl (C=O) groups is 2. The van der Waals surface area contributed by atoms with Crippen molar-refractivity contribution in [3.63, 3.8) is 0 Å². The van der Waals surface area contributed by atoms with Gasteiger partial charge in [0.05, 0.1) is 7.11 Å². The topological polar surface area (TPSA) is 126 Å². The van der Waals surface area contributed by atoms with Crippen LogP contribution in [0.4, 0.5) is 8.78 Å². The van der Waals surface area contributed by atoms with Crippen LogP contribution in [0.2, 0.25) is 0 Å². The molecule has 2 bridgehead atoms. The number of pyridine rings is 1. The van der Waals surface area contributed by atoms with E-state index in [2.05, 4.69) is 10.5 Å². The molecule has 1 aromatic heterocycles. The molecule has 3 unspecified atom stereocenters. The number of amidine groups is 1. The van der Waals surface area contributed by atoms with Gasteiger partial charge in [-0.2, -0.15) is 0 Å². The normalized spacial score (nSPS) is 22.3. The molecule has 1 fully saturated rings. The van der Waals surface area contributed by atoms with Crippen molar-refractivity contribution in [2.75, 3.05) is 13.7 Å². The van der Waals surface area contributed by atoms with E-state index in [-0.39, 0.29) is 30.4 Å². The standard InChI is InChI=1S/C31H31F2N5O6/c1-17-10-11-31(38(18(2)35-44-31)14-19-4-8-22(43-3)9-5-19)25-16-36(17)30(42)26-28(40)27(39)23(15-37(25)26)29(41)34-13-20-6-7-21(32)12-24(20)33/h4-9,12,15,17,25,40H,10-11,13-14,16H2,1-3H3,(H,34,41). The third-order valence-corrected chi connectivity index (χ3v) is 8.73. The fraction of sp³-hybridized carbons (Fsp3) is 0.355. The molecule has 0 saturated carbocycles. The first-order chi connectivity index (χ1) is 21.0. The van der Waals surface area contributed by atoms with E-state index in [1.807, 2.05) is 43.0 Å². The number of hydrogen-bond acceptors (Lipinski definition) is 8. The fourth-order valence-corrected chi connectivity index (χ4v) is 6.25. The summed E-state index contributed by atoms with van der Waals surface area (Å²) in [4.78, 5) is 50.0. The molecule has 0 aliphatic carbocycles. The summed E-state index contributed by atoms with van der Waals surface area (Å²) in [7, 11) is 1.59. The highest BCUT2D eigenvalue weighted by Crippen LogP contribution is 2.47. The molecule has 6 rings (SSSR count). The summed E-state index contributed by atoms with van der Waals surface area (Å²) in [5.74, 6) is -2.63. The second-order valence-electron chi connectivity index (χ2n) is 11.3. The highest BCUT2D eigenvalue weighted by atomic mass is 19.1. The Hall–Kier alpha value is -4.94. The number of ether oxygens (including phenoxy) is 1. The maximum absolute atomic E-state index is 14.2. The van der Waals surface area contributed by atoms with Gasteiger partial charge in [0.25, 0.3) is 11.8 Å². The van der Waals surface area contributed by atoms with Crippen LogP contribution in [0.25, 0.3) is 0 Å². The average Bonchev–Trinajstić information content (AvgIpc) is 3.25. The minimum atomic E-state index is -1.13. The van der Waals surface area contributed by atoms with Gasteiger partial charge in [-0.3, -0.25) is 14.4 Å². The summed E-state index contributed by atoms with van der Waals surface area (Å²) in [6.07, 6.45) is 2.23. The molecule has 44 heavy (non-hydrogen) atoms. The molecule has 3 atom stereocenters. The quantitative estimate of drug-likeness (QED) is 0.439. The first-order valence-electron chi connectivity index (χ1n) is 14.2. The number of nitrogens with one attached hydrogen (secondary N) is 1. The predicted molar refractivity (Wildman–Crippen MR) is 154 cm³/mol. The lowest BCUT2D eigenvalue weighted by Crippen LogP contribution is -2.58. The number of aromatic hydroxyl groups is 1. The van der Waals surface area contributed by atoms with Gasteiger partial charge < -0.3 is 34.4 Å². The van der Waals surface area contributed by atoms with Crippen LogP contribution in [0.3, 0.4) is 0 Å². The van der Waals surface area contributed by atoms with Crippen molar-refractivity contribution >= 4 is 17.6 Å². The lowest BCUT2D eigenvalue weighted by molar-refractivity contribution is -0.142. The summed E-state index contributed by atoms with van der Waals surface area (Å²) in [6, 6.07) is 9.55. The van der Waals surface area contributed by atoms with Crippen molar-refractivity contribution in [3.05, 3.63) is 92.9 Å². The smallest absolute Gasteiger partial charge is 0.274 e. The van der Waals surface area contributed by atoms with Crippen LogP contribution >= 0.6 is 0 Å². The minimum absolute atomic E-state index is 0.00529. The molecule has 2 amide bonds. The summed E-state index contributed by atoms with van der Waals surface area (Å²) in [5, 5.41) is 17.9. The Kier molecular flexibility index (Phi) is 7.26. The number of amides is 2. The van der Waals surface area contributed by atoms with Gasteiger partial charge in [-0.25, -0.2) is 8.78 Å². The molecule has 230 valence electrons. The zero-order valence-electron chi connectivity index (χ0n) is 24.3. The van der Waals surface area contributed by atoms with E-state index >= 15 is 0 Å². The van der Waals surface area contributed by atoms with Crippen molar-refractivity contribution in [2.45, 2.75) is 57.6 Å².